The maximum absolute atomic E-state index is 11.4. The van der Waals surface area contributed by atoms with E-state index in [2.05, 4.69) is 10.1 Å². The van der Waals surface area contributed by atoms with Crippen LogP contribution in [0.25, 0.3) is 0 Å². The molecule has 0 bridgehead atoms. The molecule has 1 amide bonds. The minimum Gasteiger partial charge on any atom is -0.468 e. The van der Waals surface area contributed by atoms with E-state index in [0.717, 1.165) is 0 Å². The molecule has 0 radical (unpaired) electrons. The summed E-state index contributed by atoms with van der Waals surface area (Å²) in [6.07, 6.45) is 1.55. The van der Waals surface area contributed by atoms with Crippen LogP contribution in [0, 0.1) is 0 Å². The molecule has 0 aromatic carbocycles. The third-order valence-corrected chi connectivity index (χ3v) is 3.14. The van der Waals surface area contributed by atoms with E-state index in [1.165, 1.54) is 18.9 Å². The van der Waals surface area contributed by atoms with Crippen molar-refractivity contribution in [2.45, 2.75) is 12.6 Å². The van der Waals surface area contributed by atoms with Gasteiger partial charge >= 0.3 is 5.97 Å². The van der Waals surface area contributed by atoms with E-state index in [9.17, 15) is 9.59 Å². The van der Waals surface area contributed by atoms with E-state index >= 15 is 0 Å². The van der Waals surface area contributed by atoms with Crippen LogP contribution < -0.4 is 11.1 Å². The lowest BCUT2D eigenvalue weighted by Gasteiger charge is -2.08. The first kappa shape index (κ1) is 14.6. The number of esters is 1. The molecule has 0 aliphatic carbocycles. The van der Waals surface area contributed by atoms with E-state index < -0.39 is 12.0 Å². The van der Waals surface area contributed by atoms with Crippen LogP contribution >= 0.6 is 11.8 Å². The van der Waals surface area contributed by atoms with Crippen molar-refractivity contribution in [2.24, 2.45) is 5.73 Å². The Morgan fingerprint density at radius 2 is 2.39 bits per heavy atom. The van der Waals surface area contributed by atoms with E-state index in [-0.39, 0.29) is 11.7 Å². The summed E-state index contributed by atoms with van der Waals surface area (Å²) in [4.78, 5) is 22.4. The van der Waals surface area contributed by atoms with Crippen LogP contribution in [0.4, 0.5) is 0 Å². The first-order valence-electron chi connectivity index (χ1n) is 5.33. The number of furan rings is 1. The highest BCUT2D eigenvalue weighted by atomic mass is 32.2. The molecule has 1 aromatic rings. The molecular weight excluding hydrogens is 256 g/mol. The number of methoxy groups -OCH3 is 1. The van der Waals surface area contributed by atoms with Crippen molar-refractivity contribution in [2.75, 3.05) is 18.6 Å². The largest absolute Gasteiger partial charge is 0.468 e. The molecule has 0 fully saturated rings. The summed E-state index contributed by atoms with van der Waals surface area (Å²) in [6, 6.07) is 2.84. The van der Waals surface area contributed by atoms with Crippen LogP contribution in [0.1, 0.15) is 5.76 Å². The quantitative estimate of drug-likeness (QED) is 0.685. The van der Waals surface area contributed by atoms with Crippen LogP contribution in [0.3, 0.4) is 0 Å². The predicted octanol–water partition coefficient (Wildman–Crippen LogP) is 0.129. The van der Waals surface area contributed by atoms with Crippen molar-refractivity contribution in [1.29, 1.82) is 0 Å². The number of hydrogen-bond donors (Lipinski definition) is 2. The number of carbonyl (C=O) groups is 2. The summed E-state index contributed by atoms with van der Waals surface area (Å²) in [7, 11) is 1.28. The van der Waals surface area contributed by atoms with Gasteiger partial charge in [0.1, 0.15) is 11.8 Å². The number of nitrogens with two attached hydrogens (primary N) is 1. The Labute approximate surface area is 109 Å². The van der Waals surface area contributed by atoms with E-state index in [1.807, 2.05) is 0 Å². The molecular formula is C11H16N2O4S. The fraction of sp³-hybridized carbons (Fsp3) is 0.455. The van der Waals surface area contributed by atoms with Gasteiger partial charge in [-0.3, -0.25) is 9.59 Å². The number of ether oxygens (including phenoxy) is 1. The summed E-state index contributed by atoms with van der Waals surface area (Å²) in [5.41, 5.74) is 5.52. The van der Waals surface area contributed by atoms with Crippen molar-refractivity contribution < 1.29 is 18.7 Å². The SMILES string of the molecule is COC(=O)C(N)CSCC(=O)NCc1ccco1. The number of nitrogens with one attached hydrogen (secondary N) is 1. The standard InChI is InChI=1S/C11H16N2O4S/c1-16-11(15)9(12)6-18-7-10(14)13-5-8-3-2-4-17-8/h2-4,9H,5-7,12H2,1H3,(H,13,14). The molecule has 7 heteroatoms. The van der Waals surface area contributed by atoms with Crippen molar-refractivity contribution >= 4 is 23.6 Å². The Kier molecular flexibility index (Phi) is 6.31. The molecule has 18 heavy (non-hydrogen) atoms. The van der Waals surface area contributed by atoms with E-state index in [1.54, 1.807) is 18.4 Å². The smallest absolute Gasteiger partial charge is 0.323 e. The molecule has 1 heterocycles. The first-order valence-corrected chi connectivity index (χ1v) is 6.49. The second-order valence-electron chi connectivity index (χ2n) is 3.50. The first-order chi connectivity index (χ1) is 8.63. The predicted molar refractivity (Wildman–Crippen MR) is 67.9 cm³/mol. The summed E-state index contributed by atoms with van der Waals surface area (Å²) in [6.45, 7) is 0.357. The average Bonchev–Trinajstić information content (AvgIpc) is 2.88. The molecule has 6 nitrogen and oxygen atoms in total. The maximum Gasteiger partial charge on any atom is 0.323 e. The zero-order valence-corrected chi connectivity index (χ0v) is 10.9. The fourth-order valence-electron chi connectivity index (χ4n) is 1.15. The van der Waals surface area contributed by atoms with Gasteiger partial charge < -0.3 is 20.2 Å². The van der Waals surface area contributed by atoms with Gasteiger partial charge in [0.2, 0.25) is 5.91 Å². The van der Waals surface area contributed by atoms with Crippen LogP contribution in [-0.4, -0.2) is 36.5 Å². The minimum absolute atomic E-state index is 0.131. The van der Waals surface area contributed by atoms with Gasteiger partial charge in [-0.1, -0.05) is 0 Å². The lowest BCUT2D eigenvalue weighted by Crippen LogP contribution is -2.34. The number of carbonyl (C=O) groups excluding carboxylic acids is 2. The van der Waals surface area contributed by atoms with Crippen LogP contribution in [0.5, 0.6) is 0 Å². The van der Waals surface area contributed by atoms with Crippen molar-refractivity contribution in [3.63, 3.8) is 0 Å². The number of hydrogen-bond acceptors (Lipinski definition) is 6. The van der Waals surface area contributed by atoms with Crippen molar-refractivity contribution in [1.82, 2.24) is 5.32 Å². The van der Waals surface area contributed by atoms with Gasteiger partial charge in [-0.15, -0.1) is 11.8 Å². The highest BCUT2D eigenvalue weighted by Gasteiger charge is 2.14. The molecule has 1 rings (SSSR count). The third-order valence-electron chi connectivity index (χ3n) is 2.07. The molecule has 1 atom stereocenters. The van der Waals surface area contributed by atoms with Gasteiger partial charge in [-0.2, -0.15) is 0 Å². The van der Waals surface area contributed by atoms with Gasteiger partial charge in [0, 0.05) is 5.75 Å². The molecule has 0 saturated heterocycles. The summed E-state index contributed by atoms with van der Waals surface area (Å²) in [5.74, 6) is 0.679. The van der Waals surface area contributed by atoms with Gasteiger partial charge in [0.05, 0.1) is 25.7 Å². The summed E-state index contributed by atoms with van der Waals surface area (Å²) >= 11 is 1.28. The Morgan fingerprint density at radius 1 is 1.61 bits per heavy atom. The Balaban J connectivity index is 2.12. The van der Waals surface area contributed by atoms with Crippen LogP contribution in [0.2, 0.25) is 0 Å². The molecule has 100 valence electrons. The van der Waals surface area contributed by atoms with Crippen LogP contribution in [0.15, 0.2) is 22.8 Å². The Hall–Kier alpha value is -1.47. The third kappa shape index (κ3) is 5.24. The number of thioether (sulfide) groups is 1. The monoisotopic (exact) mass is 272 g/mol. The summed E-state index contributed by atoms with van der Waals surface area (Å²) < 4.78 is 9.55. The molecule has 3 N–H and O–H groups in total. The van der Waals surface area contributed by atoms with Crippen LogP contribution in [-0.2, 0) is 20.9 Å². The fourth-order valence-corrected chi connectivity index (χ4v) is 1.94. The molecule has 0 aliphatic rings. The number of rotatable bonds is 7. The minimum atomic E-state index is -0.696. The van der Waals surface area contributed by atoms with Gasteiger partial charge in [0.25, 0.3) is 0 Å². The molecule has 1 aromatic heterocycles. The van der Waals surface area contributed by atoms with Gasteiger partial charge in [-0.25, -0.2) is 0 Å². The van der Waals surface area contributed by atoms with Gasteiger partial charge in [-0.05, 0) is 12.1 Å². The molecule has 0 spiro atoms. The lowest BCUT2D eigenvalue weighted by molar-refractivity contribution is -0.141. The normalized spacial score (nSPS) is 11.9. The second-order valence-corrected chi connectivity index (χ2v) is 4.53. The van der Waals surface area contributed by atoms with Crippen molar-refractivity contribution in [3.05, 3.63) is 24.2 Å². The van der Waals surface area contributed by atoms with E-state index in [4.69, 9.17) is 10.2 Å². The lowest BCUT2D eigenvalue weighted by atomic mass is 10.4. The maximum atomic E-state index is 11.4. The Bertz CT molecular complexity index is 380. The molecule has 1 unspecified atom stereocenters. The topological polar surface area (TPSA) is 94.6 Å². The highest BCUT2D eigenvalue weighted by molar-refractivity contribution is 8.00. The summed E-state index contributed by atoms with van der Waals surface area (Å²) in [5, 5.41) is 2.69. The zero-order valence-electron chi connectivity index (χ0n) is 10.0. The molecule has 0 saturated carbocycles. The zero-order chi connectivity index (χ0) is 13.4. The van der Waals surface area contributed by atoms with E-state index in [0.29, 0.717) is 18.1 Å². The van der Waals surface area contributed by atoms with Gasteiger partial charge in [0.15, 0.2) is 0 Å². The van der Waals surface area contributed by atoms with Crippen molar-refractivity contribution in [3.8, 4) is 0 Å². The highest BCUT2D eigenvalue weighted by Crippen LogP contribution is 2.03. The second kappa shape index (κ2) is 7.78. The number of amides is 1. The molecule has 0 aliphatic heterocycles. The Morgan fingerprint density at radius 3 is 3.00 bits per heavy atom. The average molecular weight is 272 g/mol.